The molecule has 3 aliphatic rings. The smallest absolute Gasteiger partial charge is 0.145 e. The molecule has 1 saturated carbocycles. The fourth-order valence-electron chi connectivity index (χ4n) is 6.92. The molecular formula is C28H36Cl2FN3O4. The van der Waals surface area contributed by atoms with E-state index in [2.05, 4.69) is 30.0 Å². The lowest BCUT2D eigenvalue weighted by Gasteiger charge is -2.52. The second-order valence-corrected chi connectivity index (χ2v) is 12.5. The average Bonchev–Trinajstić information content (AvgIpc) is 3.32. The van der Waals surface area contributed by atoms with E-state index in [4.69, 9.17) is 33.1 Å². The number of hydrogen-bond donors (Lipinski definition) is 6. The maximum Gasteiger partial charge on any atom is 0.145 e. The van der Waals surface area contributed by atoms with Gasteiger partial charge in [-0.05, 0) is 66.8 Å². The van der Waals surface area contributed by atoms with Gasteiger partial charge in [-0.2, -0.15) is 0 Å². The third kappa shape index (κ3) is 4.53. The van der Waals surface area contributed by atoms with Crippen molar-refractivity contribution in [3.05, 3.63) is 63.4 Å². The van der Waals surface area contributed by atoms with Crippen LogP contribution in [-0.4, -0.2) is 52.6 Å². The zero-order chi connectivity index (χ0) is 27.3. The Morgan fingerprint density at radius 3 is 2.61 bits per heavy atom. The lowest BCUT2D eigenvalue weighted by Crippen LogP contribution is -2.62. The number of benzene rings is 2. The number of nitrogens with one attached hydrogen (secondary N) is 3. The fraction of sp³-hybridized carbons (Fsp3) is 0.571. The summed E-state index contributed by atoms with van der Waals surface area (Å²) in [4.78, 5) is 6.18. The van der Waals surface area contributed by atoms with Crippen LogP contribution in [0.4, 0.5) is 10.1 Å². The maximum absolute atomic E-state index is 15.8. The van der Waals surface area contributed by atoms with Crippen molar-refractivity contribution >= 4 is 28.9 Å². The van der Waals surface area contributed by atoms with Gasteiger partial charge in [0.05, 0.1) is 23.1 Å². The van der Waals surface area contributed by atoms with Gasteiger partial charge in [0, 0.05) is 28.7 Å². The molecule has 0 bridgehead atoms. The summed E-state index contributed by atoms with van der Waals surface area (Å²) >= 11 is 12.6. The largest absolute Gasteiger partial charge is 0.394 e. The summed E-state index contributed by atoms with van der Waals surface area (Å²) in [5.41, 5.74) is 3.30. The fourth-order valence-corrected chi connectivity index (χ4v) is 7.27. The van der Waals surface area contributed by atoms with Gasteiger partial charge in [0.15, 0.2) is 0 Å². The van der Waals surface area contributed by atoms with Crippen LogP contribution in [0.3, 0.4) is 0 Å². The Kier molecular flexibility index (Phi) is 7.74. The molecule has 1 saturated heterocycles. The standard InChI is InChI=1S/C28H36Cl2FN3O4/c1-26(2)9-11-27(12-10-26)28(19-7-6-16(29)14-21(19)33-25(28)37)22(18-4-3-5-20(30)23(18)31)24(34-27)38-32-13-8-17(36)15-35/h3-7,14,17,22,24-25,32-37H,8-13,15H2,1-2H3/t17-,22-,24-,25?,28+/m0/s1. The van der Waals surface area contributed by atoms with E-state index >= 15 is 4.39 Å². The van der Waals surface area contributed by atoms with Crippen molar-refractivity contribution in [2.24, 2.45) is 5.41 Å². The molecule has 10 heteroatoms. The predicted molar refractivity (Wildman–Crippen MR) is 146 cm³/mol. The predicted octanol–water partition coefficient (Wildman–Crippen LogP) is 4.43. The minimum absolute atomic E-state index is 0.00192. The second-order valence-electron chi connectivity index (χ2n) is 11.7. The highest BCUT2D eigenvalue weighted by atomic mass is 35.5. The molecule has 2 aliphatic heterocycles. The summed E-state index contributed by atoms with van der Waals surface area (Å²) in [5.74, 6) is -1.23. The van der Waals surface area contributed by atoms with Gasteiger partial charge in [-0.25, -0.2) is 9.87 Å². The first-order valence-corrected chi connectivity index (χ1v) is 13.9. The summed E-state index contributed by atoms with van der Waals surface area (Å²) in [5, 5.41) is 38.3. The van der Waals surface area contributed by atoms with Crippen LogP contribution < -0.4 is 16.1 Å². The van der Waals surface area contributed by atoms with E-state index < -0.39 is 41.2 Å². The van der Waals surface area contributed by atoms with Crippen LogP contribution >= 0.6 is 23.2 Å². The molecule has 208 valence electrons. The van der Waals surface area contributed by atoms with Gasteiger partial charge in [-0.1, -0.05) is 55.2 Å². The number of aliphatic hydroxyl groups is 3. The number of fused-ring (bicyclic) bond motifs is 3. The van der Waals surface area contributed by atoms with Crippen LogP contribution in [0, 0.1) is 11.2 Å². The first-order valence-electron chi connectivity index (χ1n) is 13.2. The summed E-state index contributed by atoms with van der Waals surface area (Å²) in [6.07, 6.45) is 0.891. The number of halogens is 3. The van der Waals surface area contributed by atoms with E-state index in [-0.39, 0.29) is 30.0 Å². The molecule has 2 spiro atoms. The number of hydroxylamine groups is 1. The first kappa shape index (κ1) is 28.1. The second kappa shape index (κ2) is 10.5. The van der Waals surface area contributed by atoms with Gasteiger partial charge in [0.1, 0.15) is 18.3 Å². The van der Waals surface area contributed by atoms with Gasteiger partial charge in [-0.3, -0.25) is 10.2 Å². The molecule has 1 aliphatic carbocycles. The van der Waals surface area contributed by atoms with Crippen LogP contribution in [0.5, 0.6) is 0 Å². The molecule has 5 atom stereocenters. The van der Waals surface area contributed by atoms with E-state index in [0.717, 1.165) is 31.2 Å². The minimum Gasteiger partial charge on any atom is -0.394 e. The van der Waals surface area contributed by atoms with Crippen LogP contribution in [0.15, 0.2) is 36.4 Å². The van der Waals surface area contributed by atoms with Gasteiger partial charge >= 0.3 is 0 Å². The van der Waals surface area contributed by atoms with Crippen molar-refractivity contribution in [2.45, 2.75) is 81.4 Å². The summed E-state index contributed by atoms with van der Waals surface area (Å²) < 4.78 is 15.8. The molecule has 2 aromatic rings. The van der Waals surface area contributed by atoms with E-state index in [9.17, 15) is 10.2 Å². The quantitative estimate of drug-likeness (QED) is 0.217. The van der Waals surface area contributed by atoms with Crippen LogP contribution in [0.1, 0.15) is 63.0 Å². The zero-order valence-electron chi connectivity index (χ0n) is 21.6. The molecule has 0 radical (unpaired) electrons. The number of rotatable bonds is 7. The molecular weight excluding hydrogens is 532 g/mol. The zero-order valence-corrected chi connectivity index (χ0v) is 23.1. The summed E-state index contributed by atoms with van der Waals surface area (Å²) in [7, 11) is 0. The number of hydrogen-bond acceptors (Lipinski definition) is 7. The van der Waals surface area contributed by atoms with E-state index in [1.807, 2.05) is 6.07 Å². The van der Waals surface area contributed by atoms with Crippen LogP contribution in [-0.2, 0) is 10.3 Å². The monoisotopic (exact) mass is 567 g/mol. The molecule has 1 unspecified atom stereocenters. The van der Waals surface area contributed by atoms with Crippen LogP contribution in [0.25, 0.3) is 0 Å². The molecule has 7 nitrogen and oxygen atoms in total. The summed E-state index contributed by atoms with van der Waals surface area (Å²) in [6.45, 7) is 4.41. The van der Waals surface area contributed by atoms with E-state index in [1.165, 1.54) is 6.07 Å². The van der Waals surface area contributed by atoms with Crippen molar-refractivity contribution < 1.29 is 24.5 Å². The van der Waals surface area contributed by atoms with Gasteiger partial charge < -0.3 is 20.6 Å². The SMILES string of the molecule is CC1(C)CCC2(CC1)N[C@@H](ONCC[C@H](O)CO)[C@H](c1cccc(Cl)c1F)[C@@]21c2ccc(Cl)cc2NC1O. The Bertz CT molecular complexity index is 1170. The molecule has 6 N–H and O–H groups in total. The van der Waals surface area contributed by atoms with Crippen molar-refractivity contribution in [3.63, 3.8) is 0 Å². The lowest BCUT2D eigenvalue weighted by molar-refractivity contribution is -0.0560. The van der Waals surface area contributed by atoms with E-state index in [0.29, 0.717) is 16.3 Å². The van der Waals surface area contributed by atoms with E-state index in [1.54, 1.807) is 24.3 Å². The van der Waals surface area contributed by atoms with Crippen molar-refractivity contribution in [2.75, 3.05) is 18.5 Å². The highest BCUT2D eigenvalue weighted by Gasteiger charge is 2.72. The van der Waals surface area contributed by atoms with Crippen molar-refractivity contribution in [1.29, 1.82) is 0 Å². The van der Waals surface area contributed by atoms with Gasteiger partial charge in [0.2, 0.25) is 0 Å². The maximum atomic E-state index is 15.8. The Labute approximate surface area is 232 Å². The molecule has 0 aromatic heterocycles. The third-order valence-corrected chi connectivity index (χ3v) is 9.46. The molecule has 0 amide bonds. The van der Waals surface area contributed by atoms with Crippen molar-refractivity contribution in [1.82, 2.24) is 10.8 Å². The normalized spacial score (nSPS) is 29.9. The molecule has 2 heterocycles. The Morgan fingerprint density at radius 2 is 1.89 bits per heavy atom. The molecule has 2 aromatic carbocycles. The first-order chi connectivity index (χ1) is 18.0. The number of anilines is 1. The Balaban J connectivity index is 1.66. The van der Waals surface area contributed by atoms with Crippen molar-refractivity contribution in [3.8, 4) is 0 Å². The minimum atomic E-state index is -1.06. The average molecular weight is 569 g/mol. The highest BCUT2D eigenvalue weighted by Crippen LogP contribution is 2.65. The van der Waals surface area contributed by atoms with Gasteiger partial charge in [0.25, 0.3) is 0 Å². The molecule has 2 fully saturated rings. The Morgan fingerprint density at radius 1 is 1.16 bits per heavy atom. The third-order valence-electron chi connectivity index (χ3n) is 8.93. The topological polar surface area (TPSA) is 106 Å². The van der Waals surface area contributed by atoms with Crippen LogP contribution in [0.2, 0.25) is 10.0 Å². The highest BCUT2D eigenvalue weighted by molar-refractivity contribution is 6.31. The number of aliphatic hydroxyl groups excluding tert-OH is 3. The Hall–Kier alpha value is -1.49. The molecule has 5 rings (SSSR count). The van der Waals surface area contributed by atoms with Gasteiger partial charge in [-0.15, -0.1) is 0 Å². The summed E-state index contributed by atoms with van der Waals surface area (Å²) in [6, 6.07) is 10.4. The molecule has 38 heavy (non-hydrogen) atoms. The lowest BCUT2D eigenvalue weighted by atomic mass is 9.53.